The zero-order chi connectivity index (χ0) is 14.0. The molecule has 0 radical (unpaired) electrons. The van der Waals surface area contributed by atoms with E-state index in [9.17, 15) is 19.1 Å². The van der Waals surface area contributed by atoms with Crippen molar-refractivity contribution in [2.24, 2.45) is 0 Å². The monoisotopic (exact) mass is 266 g/mol. The van der Waals surface area contributed by atoms with Crippen LogP contribution in [0.25, 0.3) is 0 Å². The standard InChI is InChI=1S/C13H15FN2O3/c1-2-13(12(18)19,16(8-17)10-4-5-10)11-6-3-9(14)7-15-11/h3,6-8,10H,2,4-5H2,1H3,(H,18,19). The second-order valence-electron chi connectivity index (χ2n) is 4.62. The number of pyridine rings is 1. The smallest absolute Gasteiger partial charge is 0.335 e. The highest BCUT2D eigenvalue weighted by molar-refractivity contribution is 5.83. The van der Waals surface area contributed by atoms with Crippen molar-refractivity contribution in [3.8, 4) is 0 Å². The number of halogens is 1. The van der Waals surface area contributed by atoms with E-state index in [1.807, 2.05) is 0 Å². The highest BCUT2D eigenvalue weighted by Gasteiger charge is 2.50. The molecule has 1 atom stereocenters. The summed E-state index contributed by atoms with van der Waals surface area (Å²) in [4.78, 5) is 28.2. The lowest BCUT2D eigenvalue weighted by Gasteiger charge is -2.37. The number of aromatic nitrogens is 1. The van der Waals surface area contributed by atoms with E-state index < -0.39 is 17.3 Å². The Kier molecular flexibility index (Phi) is 3.50. The number of carbonyl (C=O) groups is 2. The molecule has 1 amide bonds. The molecule has 1 aromatic rings. The molecule has 19 heavy (non-hydrogen) atoms. The van der Waals surface area contributed by atoms with Crippen molar-refractivity contribution in [2.75, 3.05) is 0 Å². The van der Waals surface area contributed by atoms with Gasteiger partial charge in [-0.25, -0.2) is 9.18 Å². The van der Waals surface area contributed by atoms with Gasteiger partial charge in [-0.05, 0) is 31.4 Å². The molecule has 1 aliphatic rings. The van der Waals surface area contributed by atoms with Crippen LogP contribution < -0.4 is 0 Å². The van der Waals surface area contributed by atoms with E-state index >= 15 is 0 Å². The van der Waals surface area contributed by atoms with Gasteiger partial charge in [0.2, 0.25) is 6.41 Å². The maximum Gasteiger partial charge on any atom is 0.335 e. The zero-order valence-electron chi connectivity index (χ0n) is 10.5. The normalized spacial score (nSPS) is 17.6. The summed E-state index contributed by atoms with van der Waals surface area (Å²) >= 11 is 0. The number of carboxylic acids is 1. The Balaban J connectivity index is 2.52. The Morgan fingerprint density at radius 1 is 1.63 bits per heavy atom. The van der Waals surface area contributed by atoms with Gasteiger partial charge in [0.05, 0.1) is 11.9 Å². The van der Waals surface area contributed by atoms with Gasteiger partial charge >= 0.3 is 5.97 Å². The number of aliphatic carboxylic acids is 1. The maximum atomic E-state index is 12.9. The summed E-state index contributed by atoms with van der Waals surface area (Å²) in [5.74, 6) is -1.68. The van der Waals surface area contributed by atoms with Crippen molar-refractivity contribution in [2.45, 2.75) is 37.8 Å². The van der Waals surface area contributed by atoms with E-state index in [-0.39, 0.29) is 18.2 Å². The van der Waals surface area contributed by atoms with Crippen molar-refractivity contribution in [3.05, 3.63) is 29.8 Å². The topological polar surface area (TPSA) is 70.5 Å². The summed E-state index contributed by atoms with van der Waals surface area (Å²) < 4.78 is 12.9. The summed E-state index contributed by atoms with van der Waals surface area (Å²) in [6, 6.07) is 2.41. The zero-order valence-corrected chi connectivity index (χ0v) is 10.5. The number of amides is 1. The molecule has 2 rings (SSSR count). The molecule has 1 N–H and O–H groups in total. The van der Waals surface area contributed by atoms with E-state index in [0.29, 0.717) is 6.41 Å². The average Bonchev–Trinajstić information content (AvgIpc) is 3.21. The van der Waals surface area contributed by atoms with E-state index in [2.05, 4.69) is 4.98 Å². The minimum absolute atomic E-state index is 0.0691. The van der Waals surface area contributed by atoms with Crippen LogP contribution in [0.15, 0.2) is 18.3 Å². The third-order valence-electron chi connectivity index (χ3n) is 3.51. The molecule has 5 nitrogen and oxygen atoms in total. The summed E-state index contributed by atoms with van der Waals surface area (Å²) in [6.45, 7) is 1.68. The Labute approximate surface area is 110 Å². The van der Waals surface area contributed by atoms with E-state index in [1.54, 1.807) is 6.92 Å². The third kappa shape index (κ3) is 2.18. The fraction of sp³-hybridized carbons (Fsp3) is 0.462. The molecule has 0 aliphatic heterocycles. The Morgan fingerprint density at radius 3 is 2.68 bits per heavy atom. The SMILES string of the molecule is CCC(C(=O)O)(c1ccc(F)cn1)N(C=O)C1CC1. The molecule has 1 fully saturated rings. The Bertz CT molecular complexity index is 487. The van der Waals surface area contributed by atoms with E-state index in [0.717, 1.165) is 25.1 Å². The number of rotatable bonds is 6. The highest BCUT2D eigenvalue weighted by Crippen LogP contribution is 2.39. The molecule has 1 heterocycles. The first kappa shape index (κ1) is 13.5. The fourth-order valence-electron chi connectivity index (χ4n) is 2.33. The summed E-state index contributed by atoms with van der Waals surface area (Å²) in [5.41, 5.74) is -1.33. The molecule has 0 spiro atoms. The number of hydrogen-bond donors (Lipinski definition) is 1. The van der Waals surface area contributed by atoms with Crippen LogP contribution in [0.4, 0.5) is 4.39 Å². The first-order chi connectivity index (χ1) is 9.06. The second-order valence-corrected chi connectivity index (χ2v) is 4.62. The van der Waals surface area contributed by atoms with Gasteiger partial charge in [-0.2, -0.15) is 0 Å². The van der Waals surface area contributed by atoms with Gasteiger partial charge < -0.3 is 10.0 Å². The average molecular weight is 266 g/mol. The highest BCUT2D eigenvalue weighted by atomic mass is 19.1. The molecule has 1 unspecified atom stereocenters. The van der Waals surface area contributed by atoms with Crippen LogP contribution in [-0.2, 0) is 15.1 Å². The summed E-state index contributed by atoms with van der Waals surface area (Å²) in [5, 5.41) is 9.59. The first-order valence-electron chi connectivity index (χ1n) is 6.15. The number of hydrogen-bond acceptors (Lipinski definition) is 3. The number of nitrogens with zero attached hydrogens (tertiary/aromatic N) is 2. The lowest BCUT2D eigenvalue weighted by atomic mass is 9.89. The molecule has 0 saturated heterocycles. The largest absolute Gasteiger partial charge is 0.479 e. The maximum absolute atomic E-state index is 12.9. The van der Waals surface area contributed by atoms with E-state index in [4.69, 9.17) is 0 Å². The minimum Gasteiger partial charge on any atom is -0.479 e. The molecular formula is C13H15FN2O3. The lowest BCUT2D eigenvalue weighted by molar-refractivity contribution is -0.157. The molecular weight excluding hydrogens is 251 g/mol. The van der Waals surface area contributed by atoms with Crippen molar-refractivity contribution in [1.29, 1.82) is 0 Å². The van der Waals surface area contributed by atoms with Crippen LogP contribution in [0.3, 0.4) is 0 Å². The molecule has 1 aromatic heterocycles. The lowest BCUT2D eigenvalue weighted by Crippen LogP contribution is -2.52. The van der Waals surface area contributed by atoms with Gasteiger partial charge in [0, 0.05) is 6.04 Å². The van der Waals surface area contributed by atoms with Crippen LogP contribution in [0.5, 0.6) is 0 Å². The summed E-state index contributed by atoms with van der Waals surface area (Å²) in [7, 11) is 0. The van der Waals surface area contributed by atoms with Gasteiger partial charge in [-0.3, -0.25) is 9.78 Å². The van der Waals surface area contributed by atoms with Gasteiger partial charge in [-0.15, -0.1) is 0 Å². The van der Waals surface area contributed by atoms with Gasteiger partial charge in [0.1, 0.15) is 5.82 Å². The second kappa shape index (κ2) is 4.95. The van der Waals surface area contributed by atoms with Gasteiger partial charge in [0.25, 0.3) is 0 Å². The predicted octanol–water partition coefficient (Wildman–Crippen LogP) is 1.53. The summed E-state index contributed by atoms with van der Waals surface area (Å²) in [6.07, 6.45) is 3.28. The minimum atomic E-state index is -1.52. The quantitative estimate of drug-likeness (QED) is 0.793. The third-order valence-corrected chi connectivity index (χ3v) is 3.51. The number of carbonyl (C=O) groups excluding carboxylic acids is 1. The van der Waals surface area contributed by atoms with Crippen molar-refractivity contribution in [3.63, 3.8) is 0 Å². The fourth-order valence-corrected chi connectivity index (χ4v) is 2.33. The molecule has 102 valence electrons. The van der Waals surface area contributed by atoms with Crippen molar-refractivity contribution in [1.82, 2.24) is 9.88 Å². The van der Waals surface area contributed by atoms with Crippen molar-refractivity contribution < 1.29 is 19.1 Å². The predicted molar refractivity (Wildman–Crippen MR) is 64.7 cm³/mol. The molecule has 0 bridgehead atoms. The van der Waals surface area contributed by atoms with Crippen LogP contribution in [-0.4, -0.2) is 33.4 Å². The molecule has 0 aromatic carbocycles. The van der Waals surface area contributed by atoms with Crippen LogP contribution in [0.1, 0.15) is 31.9 Å². The van der Waals surface area contributed by atoms with Crippen LogP contribution in [0, 0.1) is 5.82 Å². The molecule has 6 heteroatoms. The van der Waals surface area contributed by atoms with Gasteiger partial charge in [-0.1, -0.05) is 6.92 Å². The Hall–Kier alpha value is -1.98. The van der Waals surface area contributed by atoms with Crippen LogP contribution in [0.2, 0.25) is 0 Å². The molecule has 1 saturated carbocycles. The van der Waals surface area contributed by atoms with Gasteiger partial charge in [0.15, 0.2) is 5.54 Å². The molecule has 1 aliphatic carbocycles. The van der Waals surface area contributed by atoms with Crippen molar-refractivity contribution >= 4 is 12.4 Å². The first-order valence-corrected chi connectivity index (χ1v) is 6.15. The number of carboxylic acid groups (broad SMARTS) is 1. The Morgan fingerprint density at radius 2 is 2.32 bits per heavy atom. The van der Waals surface area contributed by atoms with E-state index in [1.165, 1.54) is 11.0 Å². The van der Waals surface area contributed by atoms with Crippen LogP contribution >= 0.6 is 0 Å².